The van der Waals surface area contributed by atoms with Gasteiger partial charge < -0.3 is 9.47 Å². The number of methoxy groups -OCH3 is 1. The fraction of sp³-hybridized carbons (Fsp3) is 0.444. The van der Waals surface area contributed by atoms with Gasteiger partial charge in [0, 0.05) is 6.07 Å². The fourth-order valence-electron chi connectivity index (χ4n) is 0.837. The second-order valence-electron chi connectivity index (χ2n) is 2.49. The van der Waals surface area contributed by atoms with E-state index in [9.17, 15) is 0 Å². The highest BCUT2D eigenvalue weighted by molar-refractivity contribution is 9.10. The molecule has 1 rings (SSSR count). The number of hydrogen-bond acceptors (Lipinski definition) is 3. The molecule has 0 fully saturated rings. The van der Waals surface area contributed by atoms with E-state index in [1.807, 2.05) is 12.1 Å². The third-order valence-electron chi connectivity index (χ3n) is 1.44. The molecule has 0 aromatic carbocycles. The van der Waals surface area contributed by atoms with Gasteiger partial charge in [0.15, 0.2) is 0 Å². The molecule has 3 nitrogen and oxygen atoms in total. The lowest BCUT2D eigenvalue weighted by Crippen LogP contribution is -1.98. The van der Waals surface area contributed by atoms with Crippen molar-refractivity contribution < 1.29 is 9.47 Å². The van der Waals surface area contributed by atoms with Crippen LogP contribution in [-0.4, -0.2) is 18.7 Å². The van der Waals surface area contributed by atoms with Gasteiger partial charge in [-0.05, 0) is 28.4 Å². The largest absolute Gasteiger partial charge is 0.480 e. The van der Waals surface area contributed by atoms with E-state index in [2.05, 4.69) is 27.8 Å². The number of ether oxygens (including phenoxy) is 2. The molecule has 0 bridgehead atoms. The molecule has 0 unspecified atom stereocenters. The van der Waals surface area contributed by atoms with Crippen LogP contribution in [0.1, 0.15) is 13.3 Å². The highest BCUT2D eigenvalue weighted by Gasteiger charge is 2.03. The summed E-state index contributed by atoms with van der Waals surface area (Å²) in [6.07, 6.45) is 0.972. The van der Waals surface area contributed by atoms with Crippen molar-refractivity contribution >= 4 is 15.9 Å². The van der Waals surface area contributed by atoms with Crippen LogP contribution < -0.4 is 9.47 Å². The van der Waals surface area contributed by atoms with E-state index in [0.29, 0.717) is 18.4 Å². The van der Waals surface area contributed by atoms with Gasteiger partial charge >= 0.3 is 0 Å². The summed E-state index contributed by atoms with van der Waals surface area (Å²) >= 11 is 3.32. The monoisotopic (exact) mass is 245 g/mol. The van der Waals surface area contributed by atoms with Crippen molar-refractivity contribution in [3.05, 3.63) is 16.6 Å². The first-order chi connectivity index (χ1) is 6.27. The molecule has 72 valence electrons. The number of rotatable bonds is 4. The van der Waals surface area contributed by atoms with E-state index in [1.165, 1.54) is 0 Å². The zero-order valence-electron chi connectivity index (χ0n) is 7.71. The molecule has 13 heavy (non-hydrogen) atoms. The molecule has 1 heterocycles. The van der Waals surface area contributed by atoms with Crippen LogP contribution in [0, 0.1) is 0 Å². The van der Waals surface area contributed by atoms with E-state index < -0.39 is 0 Å². The molecule has 0 aliphatic heterocycles. The number of halogens is 1. The number of aromatic nitrogens is 1. The molecule has 1 aromatic rings. The Bertz CT molecular complexity index is 278. The normalized spacial score (nSPS) is 9.77. The molecule has 0 aliphatic carbocycles. The van der Waals surface area contributed by atoms with Gasteiger partial charge in [-0.15, -0.1) is 0 Å². The van der Waals surface area contributed by atoms with Gasteiger partial charge in [0.05, 0.1) is 18.2 Å². The fourth-order valence-corrected chi connectivity index (χ4v) is 1.22. The summed E-state index contributed by atoms with van der Waals surface area (Å²) in [4.78, 5) is 4.14. The first kappa shape index (κ1) is 10.3. The molecule has 0 atom stereocenters. The average molecular weight is 246 g/mol. The SMILES string of the molecule is CCCOc1ccc(Br)c(OC)n1. The van der Waals surface area contributed by atoms with Crippen molar-refractivity contribution in [3.63, 3.8) is 0 Å². The second kappa shape index (κ2) is 5.07. The maximum atomic E-state index is 5.34. The van der Waals surface area contributed by atoms with Crippen LogP contribution in [0.25, 0.3) is 0 Å². The van der Waals surface area contributed by atoms with E-state index in [4.69, 9.17) is 9.47 Å². The summed E-state index contributed by atoms with van der Waals surface area (Å²) in [6.45, 7) is 2.73. The van der Waals surface area contributed by atoms with Gasteiger partial charge in [-0.25, -0.2) is 0 Å². The van der Waals surface area contributed by atoms with Gasteiger partial charge in [-0.1, -0.05) is 6.92 Å². The first-order valence-electron chi connectivity index (χ1n) is 4.11. The Balaban J connectivity index is 2.74. The quantitative estimate of drug-likeness (QED) is 0.818. The minimum atomic E-state index is 0.550. The lowest BCUT2D eigenvalue weighted by Gasteiger charge is -2.06. The van der Waals surface area contributed by atoms with Crippen LogP contribution in [0.15, 0.2) is 16.6 Å². The second-order valence-corrected chi connectivity index (χ2v) is 3.34. The van der Waals surface area contributed by atoms with Gasteiger partial charge in [0.25, 0.3) is 0 Å². The lowest BCUT2D eigenvalue weighted by atomic mass is 10.4. The smallest absolute Gasteiger partial charge is 0.231 e. The molecule has 0 saturated heterocycles. The molecular formula is C9H12BrNO2. The van der Waals surface area contributed by atoms with Crippen LogP contribution >= 0.6 is 15.9 Å². The van der Waals surface area contributed by atoms with Gasteiger partial charge in [-0.2, -0.15) is 4.98 Å². The Hall–Kier alpha value is -0.770. The van der Waals surface area contributed by atoms with Gasteiger partial charge in [-0.3, -0.25) is 0 Å². The number of pyridine rings is 1. The van der Waals surface area contributed by atoms with E-state index in [0.717, 1.165) is 10.9 Å². The minimum absolute atomic E-state index is 0.550. The van der Waals surface area contributed by atoms with Crippen molar-refractivity contribution in [2.24, 2.45) is 0 Å². The zero-order valence-corrected chi connectivity index (χ0v) is 9.30. The Morgan fingerprint density at radius 3 is 2.85 bits per heavy atom. The van der Waals surface area contributed by atoms with Crippen molar-refractivity contribution in [2.75, 3.05) is 13.7 Å². The maximum absolute atomic E-state index is 5.34. The van der Waals surface area contributed by atoms with Crippen molar-refractivity contribution in [1.82, 2.24) is 4.98 Å². The van der Waals surface area contributed by atoms with E-state index >= 15 is 0 Å². The third-order valence-corrected chi connectivity index (χ3v) is 2.04. The zero-order chi connectivity index (χ0) is 9.68. The van der Waals surface area contributed by atoms with Gasteiger partial charge in [0.1, 0.15) is 0 Å². The standard InChI is InChI=1S/C9H12BrNO2/c1-3-6-13-8-5-4-7(10)9(11-8)12-2/h4-5H,3,6H2,1-2H3. The van der Waals surface area contributed by atoms with Crippen LogP contribution in [0.4, 0.5) is 0 Å². The minimum Gasteiger partial charge on any atom is -0.480 e. The summed E-state index contributed by atoms with van der Waals surface area (Å²) in [5.41, 5.74) is 0. The average Bonchev–Trinajstić information content (AvgIpc) is 2.16. The summed E-state index contributed by atoms with van der Waals surface area (Å²) in [5.74, 6) is 1.15. The summed E-state index contributed by atoms with van der Waals surface area (Å²) in [6, 6.07) is 3.67. The predicted octanol–water partition coefficient (Wildman–Crippen LogP) is 2.64. The highest BCUT2D eigenvalue weighted by Crippen LogP contribution is 2.24. The Labute approximate surface area is 86.2 Å². The van der Waals surface area contributed by atoms with E-state index in [-0.39, 0.29) is 0 Å². The van der Waals surface area contributed by atoms with Crippen molar-refractivity contribution in [1.29, 1.82) is 0 Å². The van der Waals surface area contributed by atoms with Crippen LogP contribution in [0.5, 0.6) is 11.8 Å². The third kappa shape index (κ3) is 2.88. The highest BCUT2D eigenvalue weighted by atomic mass is 79.9. The van der Waals surface area contributed by atoms with Gasteiger partial charge in [0.2, 0.25) is 11.8 Å². The summed E-state index contributed by atoms with van der Waals surface area (Å²) < 4.78 is 11.2. The van der Waals surface area contributed by atoms with Crippen molar-refractivity contribution in [3.8, 4) is 11.8 Å². The molecule has 0 aliphatic rings. The maximum Gasteiger partial charge on any atom is 0.231 e. The molecule has 0 N–H and O–H groups in total. The number of nitrogens with zero attached hydrogens (tertiary/aromatic N) is 1. The summed E-state index contributed by atoms with van der Waals surface area (Å²) in [5, 5.41) is 0. The number of hydrogen-bond donors (Lipinski definition) is 0. The lowest BCUT2D eigenvalue weighted by molar-refractivity contribution is 0.297. The topological polar surface area (TPSA) is 31.4 Å². The molecule has 0 spiro atoms. The molecule has 0 radical (unpaired) electrons. The molecular weight excluding hydrogens is 234 g/mol. The molecule has 4 heteroatoms. The molecule has 0 amide bonds. The van der Waals surface area contributed by atoms with Crippen LogP contribution in [0.2, 0.25) is 0 Å². The predicted molar refractivity (Wildman–Crippen MR) is 54.3 cm³/mol. The first-order valence-corrected chi connectivity index (χ1v) is 4.90. The molecule has 1 aromatic heterocycles. The van der Waals surface area contributed by atoms with E-state index in [1.54, 1.807) is 7.11 Å². The van der Waals surface area contributed by atoms with Crippen LogP contribution in [-0.2, 0) is 0 Å². The Morgan fingerprint density at radius 2 is 2.23 bits per heavy atom. The molecule has 0 saturated carbocycles. The Kier molecular flexibility index (Phi) is 4.02. The van der Waals surface area contributed by atoms with Crippen LogP contribution in [0.3, 0.4) is 0 Å². The Morgan fingerprint density at radius 1 is 1.46 bits per heavy atom. The summed E-state index contributed by atoms with van der Waals surface area (Å²) in [7, 11) is 1.58. The van der Waals surface area contributed by atoms with Crippen molar-refractivity contribution in [2.45, 2.75) is 13.3 Å².